The second-order valence-electron chi connectivity index (χ2n) is 5.92. The first kappa shape index (κ1) is 16.0. The number of hydrogen-bond acceptors (Lipinski definition) is 2. The molecule has 1 saturated carbocycles. The number of carbonyl (C=O) groups is 1. The molecule has 2 rings (SSSR count). The number of nitrogens with one attached hydrogen (secondary N) is 1. The zero-order valence-corrected chi connectivity index (χ0v) is 13.4. The van der Waals surface area contributed by atoms with Crippen molar-refractivity contribution in [1.29, 1.82) is 0 Å². The summed E-state index contributed by atoms with van der Waals surface area (Å²) in [6, 6.07) is 9.63. The maximum Gasteiger partial charge on any atom is 0.227 e. The number of rotatable bonds is 5. The fourth-order valence-electron chi connectivity index (χ4n) is 3.06. The molecule has 0 spiro atoms. The Kier molecular flexibility index (Phi) is 5.74. The van der Waals surface area contributed by atoms with E-state index >= 15 is 0 Å². The number of benzene rings is 1. The lowest BCUT2D eigenvalue weighted by molar-refractivity contribution is -0.122. The molecule has 3 N–H and O–H groups in total. The summed E-state index contributed by atoms with van der Waals surface area (Å²) >= 11 is 5.18. The van der Waals surface area contributed by atoms with Crippen molar-refractivity contribution in [2.24, 2.45) is 11.7 Å². The largest absolute Gasteiger partial charge is 0.392 e. The highest BCUT2D eigenvalue weighted by molar-refractivity contribution is 7.80. The second-order valence-corrected chi connectivity index (χ2v) is 6.39. The number of thiocarbonyl (C=S) groups is 1. The molecule has 1 aliphatic carbocycles. The van der Waals surface area contributed by atoms with Gasteiger partial charge in [0.05, 0.1) is 16.9 Å². The molecule has 0 aromatic heterocycles. The highest BCUT2D eigenvalue weighted by Crippen LogP contribution is 2.27. The fourth-order valence-corrected chi connectivity index (χ4v) is 3.31. The number of nitrogens with two attached hydrogens (primary N) is 1. The van der Waals surface area contributed by atoms with E-state index in [9.17, 15) is 4.79 Å². The van der Waals surface area contributed by atoms with E-state index in [1.54, 1.807) is 0 Å². The first-order valence-corrected chi connectivity index (χ1v) is 8.15. The Morgan fingerprint density at radius 1 is 1.24 bits per heavy atom. The molecule has 0 aliphatic heterocycles. The first-order chi connectivity index (χ1) is 10.1. The third-order valence-electron chi connectivity index (χ3n) is 4.42. The highest BCUT2D eigenvalue weighted by atomic mass is 32.1. The van der Waals surface area contributed by atoms with Gasteiger partial charge in [0, 0.05) is 0 Å². The molecular formula is C17H24N2OS. The normalized spacial score (nSPS) is 18.7. The van der Waals surface area contributed by atoms with E-state index in [-0.39, 0.29) is 17.9 Å². The van der Waals surface area contributed by atoms with Crippen LogP contribution in [0.25, 0.3) is 0 Å². The summed E-state index contributed by atoms with van der Waals surface area (Å²) < 4.78 is 0. The van der Waals surface area contributed by atoms with Gasteiger partial charge >= 0.3 is 0 Å². The Morgan fingerprint density at radius 2 is 1.86 bits per heavy atom. The Morgan fingerprint density at radius 3 is 2.43 bits per heavy atom. The van der Waals surface area contributed by atoms with E-state index in [0.29, 0.717) is 10.9 Å². The third kappa shape index (κ3) is 4.27. The maximum atomic E-state index is 12.5. The molecular weight excluding hydrogens is 280 g/mol. The average Bonchev–Trinajstić information content (AvgIpc) is 2.53. The van der Waals surface area contributed by atoms with E-state index in [1.165, 1.54) is 19.3 Å². The van der Waals surface area contributed by atoms with Crippen molar-refractivity contribution in [3.05, 3.63) is 35.9 Å². The lowest BCUT2D eigenvalue weighted by atomic mass is 9.83. The van der Waals surface area contributed by atoms with Crippen LogP contribution in [0.4, 0.5) is 0 Å². The summed E-state index contributed by atoms with van der Waals surface area (Å²) in [6.07, 6.45) is 5.88. The predicted octanol–water partition coefficient (Wildman–Crippen LogP) is 3.14. The Hall–Kier alpha value is -1.42. The van der Waals surface area contributed by atoms with Crippen LogP contribution in [-0.2, 0) is 4.79 Å². The van der Waals surface area contributed by atoms with Crippen molar-refractivity contribution < 1.29 is 4.79 Å². The Labute approximate surface area is 132 Å². The van der Waals surface area contributed by atoms with Gasteiger partial charge in [0.25, 0.3) is 0 Å². The van der Waals surface area contributed by atoms with Gasteiger partial charge < -0.3 is 11.1 Å². The summed E-state index contributed by atoms with van der Waals surface area (Å²) in [5.41, 5.74) is 6.89. The van der Waals surface area contributed by atoms with Crippen LogP contribution in [0.3, 0.4) is 0 Å². The van der Waals surface area contributed by atoms with E-state index in [4.69, 9.17) is 18.0 Å². The standard InChI is InChI=1S/C17H24N2OS/c1-12(13-8-4-2-5-9-13)17(20)19-15(16(18)21)14-10-6-3-7-11-14/h2,4-5,8-9,12,14-15H,3,6-7,10-11H2,1H3,(H2,18,21)(H,19,20). The summed E-state index contributed by atoms with van der Waals surface area (Å²) in [5.74, 6) is 0.208. The summed E-state index contributed by atoms with van der Waals surface area (Å²) in [7, 11) is 0. The molecule has 1 aliphatic rings. The molecule has 2 atom stereocenters. The van der Waals surface area contributed by atoms with Crippen molar-refractivity contribution in [3.8, 4) is 0 Å². The second kappa shape index (κ2) is 7.55. The quantitative estimate of drug-likeness (QED) is 0.822. The highest BCUT2D eigenvalue weighted by Gasteiger charge is 2.28. The van der Waals surface area contributed by atoms with Crippen LogP contribution >= 0.6 is 12.2 Å². The van der Waals surface area contributed by atoms with Crippen molar-refractivity contribution in [3.63, 3.8) is 0 Å². The van der Waals surface area contributed by atoms with Crippen LogP contribution in [0.1, 0.15) is 50.5 Å². The minimum atomic E-state index is -0.188. The first-order valence-electron chi connectivity index (χ1n) is 7.74. The molecule has 1 fully saturated rings. The fraction of sp³-hybridized carbons (Fsp3) is 0.529. The Balaban J connectivity index is 2.02. The van der Waals surface area contributed by atoms with E-state index < -0.39 is 0 Å². The van der Waals surface area contributed by atoms with Gasteiger partial charge in [-0.25, -0.2) is 0 Å². The van der Waals surface area contributed by atoms with Gasteiger partial charge in [0.2, 0.25) is 5.91 Å². The van der Waals surface area contributed by atoms with Crippen molar-refractivity contribution in [2.45, 2.75) is 51.0 Å². The van der Waals surface area contributed by atoms with Crippen LogP contribution < -0.4 is 11.1 Å². The molecule has 21 heavy (non-hydrogen) atoms. The molecule has 4 heteroatoms. The van der Waals surface area contributed by atoms with Gasteiger partial charge in [-0.05, 0) is 31.2 Å². The minimum absolute atomic E-state index is 0.00423. The van der Waals surface area contributed by atoms with Crippen LogP contribution in [0.2, 0.25) is 0 Å². The topological polar surface area (TPSA) is 55.1 Å². The maximum absolute atomic E-state index is 12.5. The zero-order chi connectivity index (χ0) is 15.2. The lowest BCUT2D eigenvalue weighted by Gasteiger charge is -2.31. The van der Waals surface area contributed by atoms with Crippen LogP contribution in [-0.4, -0.2) is 16.9 Å². The molecule has 1 amide bonds. The smallest absolute Gasteiger partial charge is 0.227 e. The van der Waals surface area contributed by atoms with Crippen molar-refractivity contribution >= 4 is 23.1 Å². The van der Waals surface area contributed by atoms with Crippen molar-refractivity contribution in [1.82, 2.24) is 5.32 Å². The molecule has 1 aromatic carbocycles. The zero-order valence-electron chi connectivity index (χ0n) is 12.5. The minimum Gasteiger partial charge on any atom is -0.392 e. The van der Waals surface area contributed by atoms with E-state index in [1.807, 2.05) is 37.3 Å². The van der Waals surface area contributed by atoms with Crippen LogP contribution in [0, 0.1) is 5.92 Å². The number of amides is 1. The van der Waals surface area contributed by atoms with Gasteiger partial charge in [-0.15, -0.1) is 0 Å². The molecule has 0 saturated heterocycles. The number of carbonyl (C=O) groups excluding carboxylic acids is 1. The van der Waals surface area contributed by atoms with Gasteiger partial charge in [-0.3, -0.25) is 4.79 Å². The van der Waals surface area contributed by atoms with Gasteiger partial charge in [-0.2, -0.15) is 0 Å². The van der Waals surface area contributed by atoms with Gasteiger partial charge in [0.1, 0.15) is 0 Å². The van der Waals surface area contributed by atoms with Gasteiger partial charge in [-0.1, -0.05) is 61.8 Å². The molecule has 0 bridgehead atoms. The molecule has 114 valence electrons. The lowest BCUT2D eigenvalue weighted by Crippen LogP contribution is -2.49. The van der Waals surface area contributed by atoms with E-state index in [0.717, 1.165) is 18.4 Å². The molecule has 0 heterocycles. The summed E-state index contributed by atoms with van der Waals surface area (Å²) in [4.78, 5) is 12.9. The average molecular weight is 304 g/mol. The van der Waals surface area contributed by atoms with Gasteiger partial charge in [0.15, 0.2) is 0 Å². The molecule has 0 radical (unpaired) electrons. The third-order valence-corrected chi connectivity index (χ3v) is 4.67. The van der Waals surface area contributed by atoms with E-state index in [2.05, 4.69) is 5.32 Å². The number of hydrogen-bond donors (Lipinski definition) is 2. The molecule has 2 unspecified atom stereocenters. The Bertz CT molecular complexity index is 483. The molecule has 3 nitrogen and oxygen atoms in total. The molecule has 1 aromatic rings. The summed E-state index contributed by atoms with van der Waals surface area (Å²) in [5, 5.41) is 3.08. The van der Waals surface area contributed by atoms with Crippen LogP contribution in [0.15, 0.2) is 30.3 Å². The SMILES string of the molecule is CC(C(=O)NC(C(N)=S)C1CCCCC1)c1ccccc1. The summed E-state index contributed by atoms with van der Waals surface area (Å²) in [6.45, 7) is 1.92. The predicted molar refractivity (Wildman–Crippen MR) is 90.1 cm³/mol. The monoisotopic (exact) mass is 304 g/mol. The van der Waals surface area contributed by atoms with Crippen LogP contribution in [0.5, 0.6) is 0 Å². The van der Waals surface area contributed by atoms with Crippen molar-refractivity contribution in [2.75, 3.05) is 0 Å².